The van der Waals surface area contributed by atoms with Gasteiger partial charge in [0, 0.05) is 35.4 Å². The summed E-state index contributed by atoms with van der Waals surface area (Å²) in [6.45, 7) is 0.506. The first-order valence-corrected chi connectivity index (χ1v) is 8.59. The smallest absolute Gasteiger partial charge is 0.321 e. The number of hydrogen-bond acceptors (Lipinski definition) is 3. The van der Waals surface area contributed by atoms with Crippen molar-refractivity contribution >= 4 is 17.6 Å². The van der Waals surface area contributed by atoms with Gasteiger partial charge in [0.2, 0.25) is 5.72 Å². The van der Waals surface area contributed by atoms with Crippen LogP contribution in [0.1, 0.15) is 30.9 Å². The van der Waals surface area contributed by atoms with Crippen molar-refractivity contribution in [3.8, 4) is 5.75 Å². The van der Waals surface area contributed by atoms with Crippen LogP contribution in [0.25, 0.3) is 0 Å². The van der Waals surface area contributed by atoms with Crippen LogP contribution in [-0.4, -0.2) is 32.5 Å². The van der Waals surface area contributed by atoms with E-state index >= 15 is 0 Å². The van der Waals surface area contributed by atoms with Crippen LogP contribution in [0.15, 0.2) is 36.7 Å². The van der Waals surface area contributed by atoms with E-state index in [-0.39, 0.29) is 18.1 Å². The minimum Gasteiger partial charge on any atom is -0.465 e. The molecule has 1 aromatic heterocycles. The molecule has 2 aromatic rings. The highest BCUT2D eigenvalue weighted by molar-refractivity contribution is 6.31. The number of nitrogens with zero attached hydrogens (tertiary/aromatic N) is 3. The molecule has 2 unspecified atom stereocenters. The van der Waals surface area contributed by atoms with E-state index in [4.69, 9.17) is 16.3 Å². The fourth-order valence-electron chi connectivity index (χ4n) is 3.94. The van der Waals surface area contributed by atoms with Crippen LogP contribution in [0.4, 0.5) is 4.79 Å². The van der Waals surface area contributed by atoms with Crippen LogP contribution < -0.4 is 10.1 Å². The normalized spacial score (nSPS) is 28.1. The molecule has 5 rings (SSSR count). The molecular weight excluding hydrogens is 328 g/mol. The standard InChI is InChI=1S/C17H17ClN4O2/c18-12-3-1-4-14-15(12)13-9-17(24-14,10-21-8-2-7-19-21)22(11-5-6-11)16(23)20-13/h1-4,7-8,11,13H,5-6,9-10H2,(H,20,23). The van der Waals surface area contributed by atoms with Crippen molar-refractivity contribution in [1.29, 1.82) is 0 Å². The summed E-state index contributed by atoms with van der Waals surface area (Å²) in [6.07, 6.45) is 6.34. The average Bonchev–Trinajstić information content (AvgIpc) is 3.22. The van der Waals surface area contributed by atoms with Gasteiger partial charge in [-0.2, -0.15) is 5.10 Å². The molecule has 24 heavy (non-hydrogen) atoms. The lowest BCUT2D eigenvalue weighted by molar-refractivity contribution is -0.115. The van der Waals surface area contributed by atoms with Crippen LogP contribution in [0, 0.1) is 0 Å². The minimum absolute atomic E-state index is 0.0773. The molecule has 1 aromatic carbocycles. The van der Waals surface area contributed by atoms with E-state index in [1.165, 1.54) is 0 Å². The van der Waals surface area contributed by atoms with E-state index in [1.54, 1.807) is 6.20 Å². The zero-order chi connectivity index (χ0) is 16.3. The maximum Gasteiger partial charge on any atom is 0.321 e. The number of amides is 2. The van der Waals surface area contributed by atoms with Crippen LogP contribution >= 0.6 is 11.6 Å². The largest absolute Gasteiger partial charge is 0.465 e. The van der Waals surface area contributed by atoms with E-state index in [0.29, 0.717) is 18.0 Å². The van der Waals surface area contributed by atoms with E-state index in [9.17, 15) is 4.79 Å². The highest BCUT2D eigenvalue weighted by Gasteiger charge is 2.57. The fourth-order valence-corrected chi connectivity index (χ4v) is 4.24. The lowest BCUT2D eigenvalue weighted by Crippen LogP contribution is -2.68. The summed E-state index contributed by atoms with van der Waals surface area (Å²) in [6, 6.07) is 7.55. The fraction of sp³-hybridized carbons (Fsp3) is 0.412. The van der Waals surface area contributed by atoms with E-state index in [2.05, 4.69) is 10.4 Å². The second-order valence-corrected chi connectivity index (χ2v) is 7.12. The summed E-state index contributed by atoms with van der Waals surface area (Å²) >= 11 is 6.37. The molecular formula is C17H17ClN4O2. The lowest BCUT2D eigenvalue weighted by atomic mass is 9.89. The number of halogens is 1. The molecule has 2 fully saturated rings. The van der Waals surface area contributed by atoms with Gasteiger partial charge in [-0.3, -0.25) is 9.58 Å². The van der Waals surface area contributed by atoms with Crippen LogP contribution in [-0.2, 0) is 6.54 Å². The van der Waals surface area contributed by atoms with E-state index in [0.717, 1.165) is 24.2 Å². The molecule has 6 nitrogen and oxygen atoms in total. The Morgan fingerprint density at radius 3 is 3.00 bits per heavy atom. The maximum atomic E-state index is 12.8. The number of aromatic nitrogens is 2. The molecule has 7 heteroatoms. The summed E-state index contributed by atoms with van der Waals surface area (Å²) in [5, 5.41) is 8.06. The Morgan fingerprint density at radius 1 is 1.38 bits per heavy atom. The first-order valence-electron chi connectivity index (χ1n) is 8.21. The molecule has 0 radical (unpaired) electrons. The number of fused-ring (bicyclic) bond motifs is 4. The molecule has 2 aliphatic heterocycles. The summed E-state index contributed by atoms with van der Waals surface area (Å²) in [5.74, 6) is 0.747. The number of benzene rings is 1. The summed E-state index contributed by atoms with van der Waals surface area (Å²) in [5.41, 5.74) is 0.150. The van der Waals surface area contributed by atoms with Crippen molar-refractivity contribution in [3.05, 3.63) is 47.2 Å². The number of carbonyl (C=O) groups excluding carboxylic acids is 1. The highest BCUT2D eigenvalue weighted by atomic mass is 35.5. The van der Waals surface area contributed by atoms with Gasteiger partial charge in [-0.15, -0.1) is 0 Å². The molecule has 1 N–H and O–H groups in total. The quantitative estimate of drug-likeness (QED) is 0.931. The molecule has 124 valence electrons. The molecule has 1 saturated carbocycles. The van der Waals surface area contributed by atoms with Crippen molar-refractivity contribution in [2.45, 2.75) is 43.6 Å². The Morgan fingerprint density at radius 2 is 2.25 bits per heavy atom. The first kappa shape index (κ1) is 14.2. The Labute approximate surface area is 144 Å². The number of ether oxygens (including phenoxy) is 1. The van der Waals surface area contributed by atoms with Crippen molar-refractivity contribution in [2.75, 3.05) is 0 Å². The van der Waals surface area contributed by atoms with Crippen molar-refractivity contribution in [2.24, 2.45) is 0 Å². The van der Waals surface area contributed by atoms with Gasteiger partial charge in [-0.1, -0.05) is 17.7 Å². The minimum atomic E-state index is -0.724. The molecule has 2 bridgehead atoms. The highest BCUT2D eigenvalue weighted by Crippen LogP contribution is 2.50. The second kappa shape index (κ2) is 4.89. The SMILES string of the molecule is O=C1NC2CC(Cn3cccn3)(Oc3cccc(Cl)c32)N1C1CC1. The van der Waals surface area contributed by atoms with Crippen molar-refractivity contribution < 1.29 is 9.53 Å². The van der Waals surface area contributed by atoms with Crippen molar-refractivity contribution in [1.82, 2.24) is 20.0 Å². The number of urea groups is 1. The maximum absolute atomic E-state index is 12.8. The summed E-state index contributed by atoms with van der Waals surface area (Å²) in [4.78, 5) is 14.7. The lowest BCUT2D eigenvalue weighted by Gasteiger charge is -2.52. The Kier molecular flexibility index (Phi) is 2.89. The van der Waals surface area contributed by atoms with E-state index in [1.807, 2.05) is 40.0 Å². The monoisotopic (exact) mass is 344 g/mol. The summed E-state index contributed by atoms with van der Waals surface area (Å²) < 4.78 is 8.28. The third kappa shape index (κ3) is 2.02. The van der Waals surface area contributed by atoms with Gasteiger partial charge in [0.05, 0.1) is 6.04 Å². The van der Waals surface area contributed by atoms with Gasteiger partial charge < -0.3 is 10.1 Å². The van der Waals surface area contributed by atoms with Crippen LogP contribution in [0.3, 0.4) is 0 Å². The predicted octanol–water partition coefficient (Wildman–Crippen LogP) is 2.94. The zero-order valence-electron chi connectivity index (χ0n) is 13.0. The predicted molar refractivity (Wildman–Crippen MR) is 87.8 cm³/mol. The van der Waals surface area contributed by atoms with Crippen molar-refractivity contribution in [3.63, 3.8) is 0 Å². The average molecular weight is 345 g/mol. The molecule has 2 amide bonds. The van der Waals surface area contributed by atoms with Gasteiger partial charge in [0.1, 0.15) is 12.3 Å². The molecule has 3 heterocycles. The van der Waals surface area contributed by atoms with Gasteiger partial charge in [-0.25, -0.2) is 4.79 Å². The Bertz CT molecular complexity index is 805. The van der Waals surface area contributed by atoms with Crippen LogP contribution in [0.2, 0.25) is 5.02 Å². The number of hydrogen-bond donors (Lipinski definition) is 1. The summed E-state index contributed by atoms with van der Waals surface area (Å²) in [7, 11) is 0. The third-order valence-corrected chi connectivity index (χ3v) is 5.35. The van der Waals surface area contributed by atoms with Crippen LogP contribution in [0.5, 0.6) is 5.75 Å². The number of rotatable bonds is 3. The topological polar surface area (TPSA) is 59.4 Å². The zero-order valence-corrected chi connectivity index (χ0v) is 13.7. The van der Waals surface area contributed by atoms with Gasteiger partial charge >= 0.3 is 6.03 Å². The molecule has 3 aliphatic rings. The number of carbonyl (C=O) groups is 1. The number of nitrogens with one attached hydrogen (secondary N) is 1. The van der Waals surface area contributed by atoms with Gasteiger partial charge in [0.25, 0.3) is 0 Å². The third-order valence-electron chi connectivity index (χ3n) is 5.02. The Hall–Kier alpha value is -2.21. The first-order chi connectivity index (χ1) is 11.7. The molecule has 2 atom stereocenters. The molecule has 1 saturated heterocycles. The van der Waals surface area contributed by atoms with E-state index < -0.39 is 5.72 Å². The molecule has 0 spiro atoms. The van der Waals surface area contributed by atoms with Gasteiger partial charge in [0.15, 0.2) is 0 Å². The second-order valence-electron chi connectivity index (χ2n) is 6.71. The Balaban J connectivity index is 1.63. The molecule has 1 aliphatic carbocycles. The van der Waals surface area contributed by atoms with Gasteiger partial charge in [-0.05, 0) is 31.0 Å².